The number of aromatic nitrogens is 1. The molecule has 2 aromatic carbocycles. The van der Waals surface area contributed by atoms with Gasteiger partial charge in [0.1, 0.15) is 5.69 Å². The Hall–Kier alpha value is -2.59. The van der Waals surface area contributed by atoms with E-state index in [1.165, 1.54) is 0 Å². The Kier molecular flexibility index (Phi) is 3.71. The summed E-state index contributed by atoms with van der Waals surface area (Å²) >= 11 is 5.80. The molecule has 0 radical (unpaired) electrons. The lowest BCUT2D eigenvalue weighted by molar-refractivity contribution is 0.0988. The van der Waals surface area contributed by atoms with E-state index in [0.717, 1.165) is 5.56 Å². The molecule has 1 aromatic heterocycles. The van der Waals surface area contributed by atoms with Gasteiger partial charge in [-0.2, -0.15) is 0 Å². The number of carbonyl (C=O) groups is 1. The molecule has 21 heavy (non-hydrogen) atoms. The number of anilines is 1. The van der Waals surface area contributed by atoms with Gasteiger partial charge in [0.25, 0.3) is 5.91 Å². The molecule has 1 heterocycles. The molecule has 0 aliphatic rings. The largest absolute Gasteiger partial charge is 0.350 e. The predicted octanol–water partition coefficient (Wildman–Crippen LogP) is 4.25. The van der Waals surface area contributed by atoms with Crippen LogP contribution in [0.2, 0.25) is 5.02 Å². The molecule has 3 aromatic rings. The summed E-state index contributed by atoms with van der Waals surface area (Å²) in [5, 5.41) is 7.24. The second-order valence-electron chi connectivity index (χ2n) is 4.40. The fraction of sp³-hybridized carbons (Fsp3) is 0. The molecule has 104 valence electrons. The summed E-state index contributed by atoms with van der Waals surface area (Å²) in [6, 6.07) is 18.0. The van der Waals surface area contributed by atoms with E-state index in [-0.39, 0.29) is 11.7 Å². The highest BCUT2D eigenvalue weighted by Crippen LogP contribution is 2.20. The van der Waals surface area contributed by atoms with E-state index in [0.29, 0.717) is 16.4 Å². The van der Waals surface area contributed by atoms with Crippen molar-refractivity contribution in [2.45, 2.75) is 0 Å². The van der Waals surface area contributed by atoms with Crippen molar-refractivity contribution in [2.75, 3.05) is 5.32 Å². The summed E-state index contributed by atoms with van der Waals surface area (Å²) in [5.41, 5.74) is 2.16. The zero-order chi connectivity index (χ0) is 14.7. The van der Waals surface area contributed by atoms with Crippen molar-refractivity contribution in [3.05, 3.63) is 71.4 Å². The monoisotopic (exact) mass is 298 g/mol. The third kappa shape index (κ3) is 3.12. The summed E-state index contributed by atoms with van der Waals surface area (Å²) in [6.45, 7) is 0. The third-order valence-electron chi connectivity index (χ3n) is 2.91. The van der Waals surface area contributed by atoms with Gasteiger partial charge < -0.3 is 9.84 Å². The minimum absolute atomic E-state index is 0.156. The summed E-state index contributed by atoms with van der Waals surface area (Å²) in [5.74, 6) is -0.198. The van der Waals surface area contributed by atoms with E-state index in [4.69, 9.17) is 16.1 Å². The zero-order valence-corrected chi connectivity index (χ0v) is 11.7. The molecule has 4 nitrogen and oxygen atoms in total. The molecule has 0 fully saturated rings. The molecule has 5 heteroatoms. The van der Waals surface area contributed by atoms with Gasteiger partial charge in [-0.05, 0) is 24.3 Å². The van der Waals surface area contributed by atoms with Crippen LogP contribution in [0.15, 0.2) is 65.2 Å². The Bertz CT molecular complexity index is 751. The number of nitrogens with one attached hydrogen (secondary N) is 1. The number of hydrogen-bond acceptors (Lipinski definition) is 3. The molecular formula is C16H11ClN2O2. The highest BCUT2D eigenvalue weighted by atomic mass is 35.5. The first-order valence-electron chi connectivity index (χ1n) is 6.31. The van der Waals surface area contributed by atoms with Crippen LogP contribution in [0.4, 0.5) is 5.69 Å². The van der Waals surface area contributed by atoms with E-state index >= 15 is 0 Å². The number of carbonyl (C=O) groups excluding carboxylic acids is 1. The van der Waals surface area contributed by atoms with E-state index in [1.54, 1.807) is 30.3 Å². The Labute approximate surface area is 126 Å². The smallest absolute Gasteiger partial charge is 0.294 e. The van der Waals surface area contributed by atoms with Gasteiger partial charge >= 0.3 is 0 Å². The van der Waals surface area contributed by atoms with Gasteiger partial charge in [0.05, 0.1) is 0 Å². The van der Waals surface area contributed by atoms with Crippen LogP contribution in [-0.4, -0.2) is 11.1 Å². The van der Waals surface area contributed by atoms with Crippen LogP contribution in [0.25, 0.3) is 11.3 Å². The van der Waals surface area contributed by atoms with Gasteiger partial charge in [0.15, 0.2) is 0 Å². The fourth-order valence-electron chi connectivity index (χ4n) is 1.85. The third-order valence-corrected chi connectivity index (χ3v) is 3.16. The number of hydrogen-bond donors (Lipinski definition) is 1. The van der Waals surface area contributed by atoms with E-state index < -0.39 is 0 Å². The normalized spacial score (nSPS) is 10.3. The Morgan fingerprint density at radius 1 is 1.05 bits per heavy atom. The van der Waals surface area contributed by atoms with Gasteiger partial charge in [0.2, 0.25) is 5.76 Å². The quantitative estimate of drug-likeness (QED) is 0.786. The number of benzene rings is 2. The predicted molar refractivity (Wildman–Crippen MR) is 81.3 cm³/mol. The summed E-state index contributed by atoms with van der Waals surface area (Å²) in [6.07, 6.45) is 0. The first-order valence-corrected chi connectivity index (χ1v) is 6.69. The number of amides is 1. The molecule has 0 spiro atoms. The van der Waals surface area contributed by atoms with Crippen LogP contribution in [-0.2, 0) is 0 Å². The Morgan fingerprint density at radius 2 is 1.76 bits per heavy atom. The Morgan fingerprint density at radius 3 is 2.48 bits per heavy atom. The van der Waals surface area contributed by atoms with E-state index in [9.17, 15) is 4.79 Å². The van der Waals surface area contributed by atoms with Gasteiger partial charge in [-0.15, -0.1) is 0 Å². The minimum Gasteiger partial charge on any atom is -0.350 e. The molecule has 0 bridgehead atoms. The van der Waals surface area contributed by atoms with Gasteiger partial charge in [-0.1, -0.05) is 47.1 Å². The van der Waals surface area contributed by atoms with Crippen molar-refractivity contribution in [1.82, 2.24) is 5.16 Å². The average Bonchev–Trinajstić information content (AvgIpc) is 3.00. The van der Waals surface area contributed by atoms with Crippen molar-refractivity contribution in [3.8, 4) is 11.3 Å². The maximum atomic E-state index is 12.1. The van der Waals surface area contributed by atoms with Crippen LogP contribution in [0.5, 0.6) is 0 Å². The summed E-state index contributed by atoms with van der Waals surface area (Å²) < 4.78 is 5.09. The standard InChI is InChI=1S/C16H11ClN2O2/c17-12-6-8-13(9-7-12)18-16(20)15-10-14(19-21-15)11-4-2-1-3-5-11/h1-10H,(H,18,20). The van der Waals surface area contributed by atoms with Gasteiger partial charge in [-0.25, -0.2) is 0 Å². The maximum Gasteiger partial charge on any atom is 0.294 e. The van der Waals surface area contributed by atoms with E-state index in [1.807, 2.05) is 30.3 Å². The molecule has 0 saturated heterocycles. The van der Waals surface area contributed by atoms with Crippen molar-refractivity contribution >= 4 is 23.2 Å². The van der Waals surface area contributed by atoms with Crippen molar-refractivity contribution in [2.24, 2.45) is 0 Å². The Balaban J connectivity index is 1.77. The zero-order valence-electron chi connectivity index (χ0n) is 10.9. The van der Waals surface area contributed by atoms with Crippen LogP contribution in [0.1, 0.15) is 10.6 Å². The molecule has 1 amide bonds. The van der Waals surface area contributed by atoms with Gasteiger partial charge in [-0.3, -0.25) is 4.79 Å². The number of rotatable bonds is 3. The van der Waals surface area contributed by atoms with Crippen LogP contribution < -0.4 is 5.32 Å². The van der Waals surface area contributed by atoms with Crippen LogP contribution >= 0.6 is 11.6 Å². The second kappa shape index (κ2) is 5.81. The van der Waals surface area contributed by atoms with Crippen molar-refractivity contribution in [1.29, 1.82) is 0 Å². The van der Waals surface area contributed by atoms with Gasteiger partial charge in [0, 0.05) is 22.3 Å². The average molecular weight is 299 g/mol. The van der Waals surface area contributed by atoms with Crippen LogP contribution in [0.3, 0.4) is 0 Å². The van der Waals surface area contributed by atoms with Crippen molar-refractivity contribution in [3.63, 3.8) is 0 Å². The highest BCUT2D eigenvalue weighted by Gasteiger charge is 2.14. The lowest BCUT2D eigenvalue weighted by Crippen LogP contribution is -2.10. The highest BCUT2D eigenvalue weighted by molar-refractivity contribution is 6.30. The molecule has 1 N–H and O–H groups in total. The summed E-state index contributed by atoms with van der Waals surface area (Å²) in [4.78, 5) is 12.1. The molecular weight excluding hydrogens is 288 g/mol. The molecule has 3 rings (SSSR count). The molecule has 0 saturated carbocycles. The second-order valence-corrected chi connectivity index (χ2v) is 4.84. The maximum absolute atomic E-state index is 12.1. The topological polar surface area (TPSA) is 55.1 Å². The molecule has 0 aliphatic heterocycles. The molecule has 0 aliphatic carbocycles. The van der Waals surface area contributed by atoms with E-state index in [2.05, 4.69) is 10.5 Å². The lowest BCUT2D eigenvalue weighted by atomic mass is 10.1. The first kappa shape index (κ1) is 13.4. The molecule has 0 atom stereocenters. The lowest BCUT2D eigenvalue weighted by Gasteiger charge is -2.01. The van der Waals surface area contributed by atoms with Crippen molar-refractivity contribution < 1.29 is 9.32 Å². The number of halogens is 1. The summed E-state index contributed by atoms with van der Waals surface area (Å²) in [7, 11) is 0. The minimum atomic E-state index is -0.355. The first-order chi connectivity index (χ1) is 10.2. The fourth-order valence-corrected chi connectivity index (χ4v) is 1.98. The van der Waals surface area contributed by atoms with Crippen LogP contribution in [0, 0.1) is 0 Å². The number of nitrogens with zero attached hydrogens (tertiary/aromatic N) is 1. The SMILES string of the molecule is O=C(Nc1ccc(Cl)cc1)c1cc(-c2ccccc2)no1. The molecule has 0 unspecified atom stereocenters.